The van der Waals surface area contributed by atoms with Gasteiger partial charge in [0.25, 0.3) is 0 Å². The number of nitrogens with one attached hydrogen (secondary N) is 1. The lowest BCUT2D eigenvalue weighted by Crippen LogP contribution is -2.50. The average Bonchev–Trinajstić information content (AvgIpc) is 2.72. The molecule has 0 aliphatic rings. The first kappa shape index (κ1) is 24.5. The lowest BCUT2D eigenvalue weighted by atomic mass is 10.0. The van der Waals surface area contributed by atoms with Crippen LogP contribution in [-0.4, -0.2) is 40.8 Å². The maximum Gasteiger partial charge on any atom is 0.244 e. The van der Waals surface area contributed by atoms with E-state index in [1.54, 1.807) is 45.4 Å². The third kappa shape index (κ3) is 5.70. The van der Waals surface area contributed by atoms with Gasteiger partial charge in [-0.2, -0.15) is 0 Å². The standard InChI is InChI=1S/C23H32N2O5S/c1-8-20(25(31(7,27)28)21-13-15(2)9-10-16(21)3)23(26)24-17(4)19-14-18(29-5)11-12-22(19)30-6/h9-14,17,20H,8H2,1-7H3,(H,24,26)/t17-,20+/m0/s1. The maximum absolute atomic E-state index is 13.3. The molecule has 2 aromatic rings. The molecule has 2 aromatic carbocycles. The molecule has 1 amide bonds. The molecule has 8 heteroatoms. The summed E-state index contributed by atoms with van der Waals surface area (Å²) in [6.45, 7) is 7.35. The van der Waals surface area contributed by atoms with Crippen LogP contribution < -0.4 is 19.1 Å². The van der Waals surface area contributed by atoms with Crippen LogP contribution in [0.25, 0.3) is 0 Å². The zero-order chi connectivity index (χ0) is 23.3. The number of benzene rings is 2. The van der Waals surface area contributed by atoms with Crippen LogP contribution in [0, 0.1) is 13.8 Å². The zero-order valence-electron chi connectivity index (χ0n) is 19.2. The molecule has 0 unspecified atom stereocenters. The Balaban J connectivity index is 2.42. The normalized spacial score (nSPS) is 13.3. The molecule has 0 saturated heterocycles. The van der Waals surface area contributed by atoms with Gasteiger partial charge in [-0.1, -0.05) is 19.1 Å². The third-order valence-corrected chi connectivity index (χ3v) is 6.36. The fraction of sp³-hybridized carbons (Fsp3) is 0.435. The minimum absolute atomic E-state index is 0.314. The van der Waals surface area contributed by atoms with Gasteiger partial charge in [-0.05, 0) is 62.6 Å². The van der Waals surface area contributed by atoms with Gasteiger partial charge >= 0.3 is 0 Å². The van der Waals surface area contributed by atoms with Crippen LogP contribution in [0.4, 0.5) is 5.69 Å². The van der Waals surface area contributed by atoms with Gasteiger partial charge in [-0.3, -0.25) is 9.10 Å². The molecule has 31 heavy (non-hydrogen) atoms. The number of amides is 1. The second kappa shape index (κ2) is 10.0. The molecular formula is C23H32N2O5S. The summed E-state index contributed by atoms with van der Waals surface area (Å²) in [5, 5.41) is 2.95. The van der Waals surface area contributed by atoms with Gasteiger partial charge in [0, 0.05) is 5.56 Å². The molecule has 0 aromatic heterocycles. The Labute approximate surface area is 185 Å². The molecule has 0 bridgehead atoms. The number of aryl methyl sites for hydroxylation is 2. The highest BCUT2D eigenvalue weighted by atomic mass is 32.2. The number of methoxy groups -OCH3 is 2. The Morgan fingerprint density at radius 3 is 2.32 bits per heavy atom. The Bertz CT molecular complexity index is 1040. The first-order valence-corrected chi connectivity index (χ1v) is 12.0. The van der Waals surface area contributed by atoms with E-state index in [0.717, 1.165) is 22.9 Å². The molecule has 0 heterocycles. The number of anilines is 1. The molecule has 0 aliphatic carbocycles. The average molecular weight is 449 g/mol. The van der Waals surface area contributed by atoms with E-state index in [9.17, 15) is 13.2 Å². The summed E-state index contributed by atoms with van der Waals surface area (Å²) < 4.78 is 37.4. The van der Waals surface area contributed by atoms with Crippen molar-refractivity contribution < 1.29 is 22.7 Å². The first-order valence-electron chi connectivity index (χ1n) is 10.1. The highest BCUT2D eigenvalue weighted by Crippen LogP contribution is 2.31. The summed E-state index contributed by atoms with van der Waals surface area (Å²) in [5.74, 6) is 0.861. The number of ether oxygens (including phenoxy) is 2. The minimum Gasteiger partial charge on any atom is -0.497 e. The van der Waals surface area contributed by atoms with Gasteiger partial charge in [-0.15, -0.1) is 0 Å². The van der Waals surface area contributed by atoms with E-state index in [1.165, 1.54) is 4.31 Å². The van der Waals surface area contributed by atoms with Gasteiger partial charge in [0.05, 0.1) is 32.2 Å². The predicted octanol–water partition coefficient (Wildman–Crippen LogP) is 3.74. The molecule has 0 saturated carbocycles. The van der Waals surface area contributed by atoms with Gasteiger partial charge in [0.1, 0.15) is 17.5 Å². The lowest BCUT2D eigenvalue weighted by molar-refractivity contribution is -0.122. The molecule has 2 atom stereocenters. The van der Waals surface area contributed by atoms with Crippen molar-refractivity contribution >= 4 is 21.6 Å². The first-order chi connectivity index (χ1) is 14.5. The molecule has 0 aliphatic heterocycles. The number of nitrogens with zero attached hydrogens (tertiary/aromatic N) is 1. The van der Waals surface area contributed by atoms with Crippen molar-refractivity contribution in [1.29, 1.82) is 0 Å². The van der Waals surface area contributed by atoms with Crippen molar-refractivity contribution in [2.75, 3.05) is 24.8 Å². The smallest absolute Gasteiger partial charge is 0.244 e. The van der Waals surface area contributed by atoms with Crippen molar-refractivity contribution in [2.24, 2.45) is 0 Å². The summed E-state index contributed by atoms with van der Waals surface area (Å²) in [6, 6.07) is 9.59. The second-order valence-electron chi connectivity index (χ2n) is 7.61. The van der Waals surface area contributed by atoms with Crippen molar-refractivity contribution in [3.63, 3.8) is 0 Å². The van der Waals surface area contributed by atoms with Crippen LogP contribution in [0.1, 0.15) is 43.0 Å². The highest BCUT2D eigenvalue weighted by molar-refractivity contribution is 7.92. The summed E-state index contributed by atoms with van der Waals surface area (Å²) >= 11 is 0. The van der Waals surface area contributed by atoms with Crippen LogP contribution in [0.3, 0.4) is 0 Å². The van der Waals surface area contributed by atoms with Crippen LogP contribution in [-0.2, 0) is 14.8 Å². The monoisotopic (exact) mass is 448 g/mol. The third-order valence-electron chi connectivity index (χ3n) is 5.19. The summed E-state index contributed by atoms with van der Waals surface area (Å²) in [6.07, 6.45) is 1.44. The second-order valence-corrected chi connectivity index (χ2v) is 9.47. The highest BCUT2D eigenvalue weighted by Gasteiger charge is 2.33. The van der Waals surface area contributed by atoms with E-state index < -0.39 is 22.1 Å². The summed E-state index contributed by atoms with van der Waals surface area (Å²) in [7, 11) is -0.588. The SMILES string of the molecule is CC[C@H](C(=O)N[C@@H](C)c1cc(OC)ccc1OC)N(c1cc(C)ccc1C)S(C)(=O)=O. The number of rotatable bonds is 9. The van der Waals surface area contributed by atoms with E-state index in [4.69, 9.17) is 9.47 Å². The molecule has 2 rings (SSSR count). The van der Waals surface area contributed by atoms with Gasteiger partial charge in [-0.25, -0.2) is 8.42 Å². The molecule has 170 valence electrons. The van der Waals surface area contributed by atoms with E-state index in [0.29, 0.717) is 23.6 Å². The number of carbonyl (C=O) groups is 1. The molecule has 1 N–H and O–H groups in total. The molecule has 0 spiro atoms. The minimum atomic E-state index is -3.71. The lowest BCUT2D eigenvalue weighted by Gasteiger charge is -2.32. The zero-order valence-corrected chi connectivity index (χ0v) is 20.0. The van der Waals surface area contributed by atoms with Crippen LogP contribution in [0.5, 0.6) is 11.5 Å². The molecular weight excluding hydrogens is 416 g/mol. The summed E-state index contributed by atoms with van der Waals surface area (Å²) in [4.78, 5) is 13.3. The van der Waals surface area contributed by atoms with Crippen LogP contribution in [0.2, 0.25) is 0 Å². The molecule has 0 radical (unpaired) electrons. The van der Waals surface area contributed by atoms with E-state index in [2.05, 4.69) is 5.32 Å². The van der Waals surface area contributed by atoms with Crippen LogP contribution >= 0.6 is 0 Å². The fourth-order valence-corrected chi connectivity index (χ4v) is 4.82. The van der Waals surface area contributed by atoms with Crippen molar-refractivity contribution in [3.8, 4) is 11.5 Å². The van der Waals surface area contributed by atoms with Crippen LogP contribution in [0.15, 0.2) is 36.4 Å². The maximum atomic E-state index is 13.3. The number of sulfonamides is 1. The Hall–Kier alpha value is -2.74. The van der Waals surface area contributed by atoms with Gasteiger partial charge in [0.2, 0.25) is 15.9 Å². The van der Waals surface area contributed by atoms with Gasteiger partial charge < -0.3 is 14.8 Å². The van der Waals surface area contributed by atoms with Crippen molar-refractivity contribution in [2.45, 2.75) is 46.2 Å². The number of hydrogen-bond donors (Lipinski definition) is 1. The van der Waals surface area contributed by atoms with Gasteiger partial charge in [0.15, 0.2) is 0 Å². The van der Waals surface area contributed by atoms with Crippen molar-refractivity contribution in [3.05, 3.63) is 53.1 Å². The van der Waals surface area contributed by atoms with Crippen molar-refractivity contribution in [1.82, 2.24) is 5.32 Å². The van der Waals surface area contributed by atoms with E-state index in [1.807, 2.05) is 32.9 Å². The van der Waals surface area contributed by atoms with E-state index in [-0.39, 0.29) is 5.91 Å². The topological polar surface area (TPSA) is 84.9 Å². The fourth-order valence-electron chi connectivity index (χ4n) is 3.56. The largest absolute Gasteiger partial charge is 0.497 e. The Morgan fingerprint density at radius 2 is 1.77 bits per heavy atom. The Kier molecular flexibility index (Phi) is 7.95. The molecule has 0 fully saturated rings. The number of hydrogen-bond acceptors (Lipinski definition) is 5. The molecule has 7 nitrogen and oxygen atoms in total. The predicted molar refractivity (Wildman–Crippen MR) is 123 cm³/mol. The van der Waals surface area contributed by atoms with E-state index >= 15 is 0 Å². The Morgan fingerprint density at radius 1 is 1.10 bits per heavy atom. The number of carbonyl (C=O) groups excluding carboxylic acids is 1. The summed E-state index contributed by atoms with van der Waals surface area (Å²) in [5.41, 5.74) is 2.95. The quantitative estimate of drug-likeness (QED) is 0.632.